The third-order valence-electron chi connectivity index (χ3n) is 7.30. The van der Waals surface area contributed by atoms with Gasteiger partial charge in [-0.1, -0.05) is 13.8 Å². The van der Waals surface area contributed by atoms with Gasteiger partial charge in [0, 0.05) is 59.9 Å². The molecule has 5 rings (SSSR count). The number of ether oxygens (including phenoxy) is 1. The molecular formula is C29H30BN6O3. The average molecular weight is 521 g/mol. The van der Waals surface area contributed by atoms with Crippen molar-refractivity contribution in [1.29, 1.82) is 5.26 Å². The summed E-state index contributed by atoms with van der Waals surface area (Å²) in [6.45, 7) is 8.07. The van der Waals surface area contributed by atoms with Crippen LogP contribution in [0.5, 0.6) is 0 Å². The number of hydrogen-bond donors (Lipinski definition) is 2. The van der Waals surface area contributed by atoms with Crippen LogP contribution < -0.4 is 15.4 Å². The summed E-state index contributed by atoms with van der Waals surface area (Å²) in [4.78, 5) is 34.9. The monoisotopic (exact) mass is 521 g/mol. The Balaban J connectivity index is 1.38. The number of amides is 1. The second-order valence-corrected chi connectivity index (χ2v) is 10.6. The molecule has 39 heavy (non-hydrogen) atoms. The van der Waals surface area contributed by atoms with Crippen molar-refractivity contribution in [3.63, 3.8) is 0 Å². The van der Waals surface area contributed by atoms with Crippen molar-refractivity contribution in [2.45, 2.75) is 45.1 Å². The van der Waals surface area contributed by atoms with Crippen molar-refractivity contribution in [3.8, 4) is 17.3 Å². The molecular weight excluding hydrogens is 491 g/mol. The Morgan fingerprint density at radius 2 is 2.03 bits per heavy atom. The van der Waals surface area contributed by atoms with E-state index in [0.717, 1.165) is 47.1 Å². The van der Waals surface area contributed by atoms with Gasteiger partial charge < -0.3 is 25.0 Å². The predicted molar refractivity (Wildman–Crippen MR) is 151 cm³/mol. The molecule has 0 unspecified atom stereocenters. The van der Waals surface area contributed by atoms with Crippen molar-refractivity contribution in [1.82, 2.24) is 15.3 Å². The second-order valence-electron chi connectivity index (χ2n) is 10.6. The molecule has 3 aromatic rings. The molecule has 1 amide bonds. The van der Waals surface area contributed by atoms with Gasteiger partial charge in [-0.3, -0.25) is 4.79 Å². The molecule has 9 nitrogen and oxygen atoms in total. The lowest BCUT2D eigenvalue weighted by Crippen LogP contribution is -2.38. The third-order valence-corrected chi connectivity index (χ3v) is 7.30. The van der Waals surface area contributed by atoms with Crippen LogP contribution in [0.25, 0.3) is 11.3 Å². The Labute approximate surface area is 228 Å². The van der Waals surface area contributed by atoms with E-state index < -0.39 is 0 Å². The van der Waals surface area contributed by atoms with Crippen LogP contribution in [0.4, 0.5) is 17.3 Å². The van der Waals surface area contributed by atoms with Gasteiger partial charge in [0.15, 0.2) is 0 Å². The van der Waals surface area contributed by atoms with Crippen LogP contribution in [0.3, 0.4) is 0 Å². The maximum Gasteiger partial charge on any atom is 0.329 e. The highest BCUT2D eigenvalue weighted by molar-refractivity contribution is 6.70. The molecule has 1 fully saturated rings. The summed E-state index contributed by atoms with van der Waals surface area (Å²) in [5, 5.41) is 16.3. The first-order valence-electron chi connectivity index (χ1n) is 13.0. The van der Waals surface area contributed by atoms with E-state index in [1.54, 1.807) is 18.3 Å². The van der Waals surface area contributed by atoms with E-state index in [-0.39, 0.29) is 17.4 Å². The van der Waals surface area contributed by atoms with Crippen molar-refractivity contribution in [2.24, 2.45) is 0 Å². The molecule has 2 aliphatic rings. The molecule has 0 spiro atoms. The number of hydrogen-bond acceptors (Lipinski definition) is 8. The summed E-state index contributed by atoms with van der Waals surface area (Å²) in [6, 6.07) is 13.6. The second kappa shape index (κ2) is 10.9. The quantitative estimate of drug-likeness (QED) is 0.355. The summed E-state index contributed by atoms with van der Waals surface area (Å²) in [5.41, 5.74) is 5.76. The van der Waals surface area contributed by atoms with Crippen molar-refractivity contribution < 1.29 is 14.3 Å². The molecule has 1 aromatic heterocycles. The van der Waals surface area contributed by atoms with Gasteiger partial charge in [0.1, 0.15) is 12.3 Å². The van der Waals surface area contributed by atoms with Gasteiger partial charge in [0.2, 0.25) is 5.95 Å². The molecule has 0 atom stereocenters. The molecule has 0 bridgehead atoms. The molecule has 3 heterocycles. The summed E-state index contributed by atoms with van der Waals surface area (Å²) in [7, 11) is 1.48. The lowest BCUT2D eigenvalue weighted by molar-refractivity contribution is 0.0696. The van der Waals surface area contributed by atoms with Gasteiger partial charge in [-0.2, -0.15) is 5.26 Å². The van der Waals surface area contributed by atoms with Gasteiger partial charge in [0.25, 0.3) is 5.91 Å². The lowest BCUT2D eigenvalue weighted by Gasteiger charge is -2.23. The van der Waals surface area contributed by atoms with Crippen LogP contribution in [-0.2, 0) is 14.9 Å². The Kier molecular flexibility index (Phi) is 7.35. The van der Waals surface area contributed by atoms with E-state index in [4.69, 9.17) is 9.72 Å². The molecule has 0 saturated carbocycles. The first kappa shape index (κ1) is 26.4. The van der Waals surface area contributed by atoms with Crippen LogP contribution in [-0.4, -0.2) is 55.3 Å². The zero-order valence-corrected chi connectivity index (χ0v) is 22.3. The standard InChI is InChI=1S/C29H30BN6O3/c1-18-12-19(27(38)33-22-7-10-39-11-8-22)4-5-24(18)34-28-32-9-6-25(35-28)20-13-21(15-31)26-23(14-20)29(2,3)16-36(26)30-17-37/h4-6,9,12-14,17,22H,7-8,10-11,16H2,1-3H3,(H,33,38)(H,32,34,35). The number of nitriles is 1. The van der Waals surface area contributed by atoms with E-state index in [1.807, 2.05) is 36.0 Å². The highest BCUT2D eigenvalue weighted by Crippen LogP contribution is 2.44. The van der Waals surface area contributed by atoms with Crippen molar-refractivity contribution >= 4 is 36.8 Å². The first-order valence-corrected chi connectivity index (χ1v) is 13.0. The number of carbonyl (C=O) groups excluding carboxylic acids is 2. The highest BCUT2D eigenvalue weighted by atomic mass is 16.5. The Hall–Kier alpha value is -4.23. The van der Waals surface area contributed by atoms with E-state index in [2.05, 4.69) is 35.5 Å². The van der Waals surface area contributed by atoms with Gasteiger partial charge >= 0.3 is 7.41 Å². The number of anilines is 3. The van der Waals surface area contributed by atoms with Gasteiger partial charge in [-0.05, 0) is 67.3 Å². The van der Waals surface area contributed by atoms with Crippen LogP contribution in [0.2, 0.25) is 0 Å². The number of aryl methyl sites for hydroxylation is 1. The Bertz CT molecular complexity index is 1460. The molecule has 1 radical (unpaired) electrons. The molecule has 0 aliphatic carbocycles. The predicted octanol–water partition coefficient (Wildman–Crippen LogP) is 3.88. The number of aromatic nitrogens is 2. The summed E-state index contributed by atoms with van der Waals surface area (Å²) < 4.78 is 5.37. The third kappa shape index (κ3) is 5.50. The fourth-order valence-corrected chi connectivity index (χ4v) is 5.24. The fraction of sp³-hybridized carbons (Fsp3) is 0.345. The van der Waals surface area contributed by atoms with E-state index in [0.29, 0.717) is 42.5 Å². The minimum Gasteiger partial charge on any atom is -0.410 e. The lowest BCUT2D eigenvalue weighted by atomic mass is 9.84. The number of nitrogens with one attached hydrogen (secondary N) is 2. The van der Waals surface area contributed by atoms with Gasteiger partial charge in [0.05, 0.1) is 11.3 Å². The number of nitrogens with zero attached hydrogens (tertiary/aromatic N) is 4. The van der Waals surface area contributed by atoms with Crippen LogP contribution in [0, 0.1) is 18.3 Å². The Morgan fingerprint density at radius 1 is 1.23 bits per heavy atom. The van der Waals surface area contributed by atoms with E-state index in [1.165, 1.54) is 7.41 Å². The molecule has 2 N–H and O–H groups in total. The number of fused-ring (bicyclic) bond motifs is 1. The highest BCUT2D eigenvalue weighted by Gasteiger charge is 2.37. The van der Waals surface area contributed by atoms with Crippen molar-refractivity contribution in [2.75, 3.05) is 29.9 Å². The van der Waals surface area contributed by atoms with E-state index in [9.17, 15) is 14.9 Å². The first-order chi connectivity index (χ1) is 18.8. The summed E-state index contributed by atoms with van der Waals surface area (Å²) in [6.07, 6.45) is 4.07. The number of benzene rings is 2. The maximum atomic E-state index is 12.7. The smallest absolute Gasteiger partial charge is 0.329 e. The average Bonchev–Trinajstić information content (AvgIpc) is 3.19. The molecule has 2 aromatic carbocycles. The Morgan fingerprint density at radius 3 is 2.74 bits per heavy atom. The van der Waals surface area contributed by atoms with Crippen molar-refractivity contribution in [3.05, 3.63) is 64.8 Å². The summed E-state index contributed by atoms with van der Waals surface area (Å²) in [5.74, 6) is 0.316. The summed E-state index contributed by atoms with van der Waals surface area (Å²) >= 11 is 0. The van der Waals surface area contributed by atoms with Crippen LogP contribution in [0.15, 0.2) is 42.6 Å². The zero-order chi connectivity index (χ0) is 27.6. The largest absolute Gasteiger partial charge is 0.410 e. The molecule has 1 saturated heterocycles. The van der Waals surface area contributed by atoms with E-state index >= 15 is 0 Å². The molecule has 197 valence electrons. The molecule has 2 aliphatic heterocycles. The maximum absolute atomic E-state index is 12.7. The van der Waals surface area contributed by atoms with Gasteiger partial charge in [-0.15, -0.1) is 0 Å². The molecule has 10 heteroatoms. The fourth-order valence-electron chi connectivity index (χ4n) is 5.24. The van der Waals surface area contributed by atoms with Crippen LogP contribution >= 0.6 is 0 Å². The number of carbonyl (C=O) groups is 2. The topological polar surface area (TPSA) is 120 Å². The van der Waals surface area contributed by atoms with Crippen LogP contribution in [0.1, 0.15) is 53.7 Å². The normalized spacial score (nSPS) is 16.2. The van der Waals surface area contributed by atoms with Gasteiger partial charge in [-0.25, -0.2) is 9.97 Å². The SMILES string of the molecule is Cc1cc(C(=O)NC2CCOCC2)ccc1Nc1nccc(-c2cc(C#N)c3c(c2)C(C)(C)CN3[B]C=O)n1. The number of rotatable bonds is 7. The zero-order valence-electron chi connectivity index (χ0n) is 22.3. The minimum absolute atomic E-state index is 0.0908. The minimum atomic E-state index is -0.250.